The monoisotopic (exact) mass is 629 g/mol. The van der Waals surface area contributed by atoms with Crippen LogP contribution in [0.4, 0.5) is 17.1 Å². The number of hydrogen-bond acceptors (Lipinski definition) is 2. The molecule has 9 aromatic rings. The highest BCUT2D eigenvalue weighted by atomic mass is 32.1. The van der Waals surface area contributed by atoms with Crippen molar-refractivity contribution in [3.05, 3.63) is 188 Å². The van der Waals surface area contributed by atoms with Crippen LogP contribution in [0.3, 0.4) is 0 Å². The van der Waals surface area contributed by atoms with Gasteiger partial charge in [-0.3, -0.25) is 0 Å². The molecule has 0 aliphatic heterocycles. The van der Waals surface area contributed by atoms with E-state index in [-0.39, 0.29) is 0 Å². The summed E-state index contributed by atoms with van der Waals surface area (Å²) in [5.41, 5.74) is 10.6. The van der Waals surface area contributed by atoms with Crippen LogP contribution in [0.25, 0.3) is 64.3 Å². The largest absolute Gasteiger partial charge is 0.310 e. The molecule has 0 aliphatic carbocycles. The quantitative estimate of drug-likeness (QED) is 0.177. The van der Waals surface area contributed by atoms with E-state index in [4.69, 9.17) is 0 Å². The van der Waals surface area contributed by atoms with Crippen molar-refractivity contribution < 1.29 is 0 Å². The number of benzene rings is 8. The molecule has 1 aromatic heterocycles. The Morgan fingerprint density at radius 2 is 0.917 bits per heavy atom. The molecule has 0 unspecified atom stereocenters. The Balaban J connectivity index is 1.18. The van der Waals surface area contributed by atoms with Gasteiger partial charge in [0.15, 0.2) is 0 Å². The van der Waals surface area contributed by atoms with Crippen molar-refractivity contribution in [2.24, 2.45) is 0 Å². The third kappa shape index (κ3) is 5.13. The molecule has 0 saturated heterocycles. The molecule has 0 amide bonds. The average molecular weight is 630 g/mol. The average Bonchev–Trinajstić information content (AvgIpc) is 3.55. The summed E-state index contributed by atoms with van der Waals surface area (Å²) in [4.78, 5) is 2.38. The molecular formula is C46H31NS. The van der Waals surface area contributed by atoms with Gasteiger partial charge in [-0.15, -0.1) is 11.3 Å². The van der Waals surface area contributed by atoms with E-state index in [2.05, 4.69) is 193 Å². The first kappa shape index (κ1) is 28.3. The highest BCUT2D eigenvalue weighted by Gasteiger charge is 2.16. The van der Waals surface area contributed by atoms with Crippen LogP contribution >= 0.6 is 11.3 Å². The van der Waals surface area contributed by atoms with Crippen molar-refractivity contribution in [2.75, 3.05) is 4.90 Å². The number of hydrogen-bond donors (Lipinski definition) is 0. The SMILES string of the molecule is c1ccc(-c2ccc(N(c3cccc(-c4ccc5ccccc5c4)c3)c3cccc(-c4cccc5c4sc4ccccc45)c3)cc2)cc1. The lowest BCUT2D eigenvalue weighted by atomic mass is 9.99. The summed E-state index contributed by atoms with van der Waals surface area (Å²) in [6.07, 6.45) is 0. The first-order valence-electron chi connectivity index (χ1n) is 16.3. The number of nitrogens with zero attached hydrogens (tertiary/aromatic N) is 1. The summed E-state index contributed by atoms with van der Waals surface area (Å²) >= 11 is 1.88. The Hall–Kier alpha value is -5.96. The predicted molar refractivity (Wildman–Crippen MR) is 208 cm³/mol. The zero-order valence-corrected chi connectivity index (χ0v) is 27.1. The fraction of sp³-hybridized carbons (Fsp3) is 0. The maximum absolute atomic E-state index is 2.38. The normalized spacial score (nSPS) is 11.3. The van der Waals surface area contributed by atoms with Crippen LogP contribution in [-0.4, -0.2) is 0 Å². The number of anilines is 3. The summed E-state index contributed by atoms with van der Waals surface area (Å²) in [7, 11) is 0. The van der Waals surface area contributed by atoms with E-state index in [0.29, 0.717) is 0 Å². The molecule has 0 bridgehead atoms. The van der Waals surface area contributed by atoms with Gasteiger partial charge >= 0.3 is 0 Å². The second-order valence-electron chi connectivity index (χ2n) is 12.2. The molecule has 0 spiro atoms. The van der Waals surface area contributed by atoms with Crippen LogP contribution in [0.15, 0.2) is 188 Å². The van der Waals surface area contributed by atoms with Gasteiger partial charge in [-0.1, -0.05) is 140 Å². The van der Waals surface area contributed by atoms with E-state index in [1.54, 1.807) is 0 Å². The summed E-state index contributed by atoms with van der Waals surface area (Å²) in [5.74, 6) is 0. The molecule has 9 rings (SSSR count). The molecule has 226 valence electrons. The lowest BCUT2D eigenvalue weighted by Gasteiger charge is -2.27. The van der Waals surface area contributed by atoms with E-state index < -0.39 is 0 Å². The molecule has 0 fully saturated rings. The smallest absolute Gasteiger partial charge is 0.0467 e. The molecule has 8 aromatic carbocycles. The van der Waals surface area contributed by atoms with E-state index in [1.807, 2.05) is 11.3 Å². The summed E-state index contributed by atoms with van der Waals surface area (Å²) < 4.78 is 2.65. The first-order valence-corrected chi connectivity index (χ1v) is 17.2. The van der Waals surface area contributed by atoms with Crippen LogP contribution in [0.5, 0.6) is 0 Å². The molecule has 1 nitrogen and oxygen atoms in total. The molecular weight excluding hydrogens is 599 g/mol. The minimum atomic E-state index is 1.11. The summed E-state index contributed by atoms with van der Waals surface area (Å²) in [6, 6.07) is 68.2. The molecule has 0 radical (unpaired) electrons. The van der Waals surface area contributed by atoms with Gasteiger partial charge in [0.25, 0.3) is 0 Å². The van der Waals surface area contributed by atoms with Crippen molar-refractivity contribution in [1.29, 1.82) is 0 Å². The van der Waals surface area contributed by atoms with Gasteiger partial charge in [0, 0.05) is 37.2 Å². The second-order valence-corrected chi connectivity index (χ2v) is 13.2. The lowest BCUT2D eigenvalue weighted by Crippen LogP contribution is -2.10. The number of fused-ring (bicyclic) bond motifs is 4. The third-order valence-corrected chi connectivity index (χ3v) is 10.5. The fourth-order valence-corrected chi connectivity index (χ4v) is 8.10. The lowest BCUT2D eigenvalue weighted by molar-refractivity contribution is 1.28. The molecule has 0 saturated carbocycles. The summed E-state index contributed by atoms with van der Waals surface area (Å²) in [6.45, 7) is 0. The molecule has 48 heavy (non-hydrogen) atoms. The number of rotatable bonds is 6. The Kier molecular flexibility index (Phi) is 7.07. The van der Waals surface area contributed by atoms with Crippen molar-refractivity contribution in [1.82, 2.24) is 0 Å². The Morgan fingerprint density at radius 1 is 0.333 bits per heavy atom. The third-order valence-electron chi connectivity index (χ3n) is 9.24. The first-order chi connectivity index (χ1) is 23.8. The molecule has 0 aliphatic rings. The Morgan fingerprint density at radius 3 is 1.75 bits per heavy atom. The van der Waals surface area contributed by atoms with Gasteiger partial charge in [0.1, 0.15) is 0 Å². The molecule has 0 N–H and O–H groups in total. The second kappa shape index (κ2) is 12.0. The Bertz CT molecular complexity index is 2560. The van der Waals surface area contributed by atoms with Gasteiger partial charge in [0.2, 0.25) is 0 Å². The fourth-order valence-electron chi connectivity index (χ4n) is 6.86. The van der Waals surface area contributed by atoms with Crippen LogP contribution in [-0.2, 0) is 0 Å². The van der Waals surface area contributed by atoms with Gasteiger partial charge < -0.3 is 4.90 Å². The van der Waals surface area contributed by atoms with E-state index >= 15 is 0 Å². The minimum absolute atomic E-state index is 1.11. The van der Waals surface area contributed by atoms with Crippen molar-refractivity contribution in [3.8, 4) is 33.4 Å². The van der Waals surface area contributed by atoms with Gasteiger partial charge in [0.05, 0.1) is 0 Å². The van der Waals surface area contributed by atoms with Gasteiger partial charge in [-0.2, -0.15) is 0 Å². The zero-order valence-electron chi connectivity index (χ0n) is 26.3. The zero-order chi connectivity index (χ0) is 31.9. The topological polar surface area (TPSA) is 3.24 Å². The van der Waals surface area contributed by atoms with Crippen molar-refractivity contribution in [3.63, 3.8) is 0 Å². The highest BCUT2D eigenvalue weighted by molar-refractivity contribution is 7.26. The minimum Gasteiger partial charge on any atom is -0.310 e. The highest BCUT2D eigenvalue weighted by Crippen LogP contribution is 2.43. The van der Waals surface area contributed by atoms with Crippen molar-refractivity contribution in [2.45, 2.75) is 0 Å². The van der Waals surface area contributed by atoms with Gasteiger partial charge in [-0.05, 0) is 92.7 Å². The van der Waals surface area contributed by atoms with Crippen LogP contribution in [0.2, 0.25) is 0 Å². The molecule has 0 atom stereocenters. The van der Waals surface area contributed by atoms with E-state index in [1.165, 1.54) is 64.3 Å². The van der Waals surface area contributed by atoms with E-state index in [0.717, 1.165) is 17.1 Å². The molecule has 2 heteroatoms. The molecule has 1 heterocycles. The van der Waals surface area contributed by atoms with E-state index in [9.17, 15) is 0 Å². The van der Waals surface area contributed by atoms with Crippen LogP contribution in [0, 0.1) is 0 Å². The van der Waals surface area contributed by atoms with Gasteiger partial charge in [-0.25, -0.2) is 0 Å². The van der Waals surface area contributed by atoms with Crippen molar-refractivity contribution >= 4 is 59.3 Å². The van der Waals surface area contributed by atoms with Crippen LogP contribution in [0.1, 0.15) is 0 Å². The summed E-state index contributed by atoms with van der Waals surface area (Å²) in [5, 5.41) is 5.14. The standard InChI is InChI=1S/C46H31NS/c1-2-11-32(12-3-1)34-25-27-39(28-26-34)47(40-17-8-15-36(30-40)37-24-23-33-13-4-5-14-35(33)29-37)41-18-9-16-38(31-41)42-20-10-21-44-43-19-6-7-22-45(43)48-46(42)44/h1-31H. The maximum Gasteiger partial charge on any atom is 0.0467 e. The maximum atomic E-state index is 2.38. The number of thiophene rings is 1. The Labute approximate surface area is 284 Å². The predicted octanol–water partition coefficient (Wildman–Crippen LogP) is 13.7. The van der Waals surface area contributed by atoms with Crippen LogP contribution < -0.4 is 4.90 Å².